The Morgan fingerprint density at radius 2 is 1.88 bits per heavy atom. The third-order valence-electron chi connectivity index (χ3n) is 6.87. The maximum atomic E-state index is 13.7. The standard InChI is InChI=1S/C26H35FN4O2S/c1-26(2,3)25-28-20(17-34-25)16-30-12-5-13-31(15-14-30)24(33)21-10-11-22(32)29(4)23(21)18-6-8-19(27)9-7-18/h6-9,17,21,23H,5,10-16H2,1-4H3. The summed E-state index contributed by atoms with van der Waals surface area (Å²) in [5.41, 5.74) is 1.96. The van der Waals surface area contributed by atoms with Crippen LogP contribution in [0.4, 0.5) is 4.39 Å². The molecule has 0 radical (unpaired) electrons. The van der Waals surface area contributed by atoms with Crippen LogP contribution in [0, 0.1) is 11.7 Å². The fourth-order valence-electron chi connectivity index (χ4n) is 4.95. The van der Waals surface area contributed by atoms with E-state index in [9.17, 15) is 14.0 Å². The minimum Gasteiger partial charge on any atom is -0.341 e. The van der Waals surface area contributed by atoms with E-state index in [1.165, 1.54) is 12.1 Å². The molecule has 2 amide bonds. The van der Waals surface area contributed by atoms with Crippen LogP contribution in [-0.2, 0) is 21.5 Å². The molecule has 0 N–H and O–H groups in total. The van der Waals surface area contributed by atoms with Crippen LogP contribution >= 0.6 is 11.3 Å². The lowest BCUT2D eigenvalue weighted by Gasteiger charge is -2.40. The Labute approximate surface area is 205 Å². The lowest BCUT2D eigenvalue weighted by molar-refractivity contribution is -0.146. The van der Waals surface area contributed by atoms with E-state index in [1.54, 1.807) is 35.4 Å². The number of carbonyl (C=O) groups excluding carboxylic acids is 2. The second kappa shape index (κ2) is 10.1. The number of hydrogen-bond acceptors (Lipinski definition) is 5. The Bertz CT molecular complexity index is 1020. The lowest BCUT2D eigenvalue weighted by atomic mass is 9.83. The molecule has 1 aromatic heterocycles. The molecule has 0 saturated carbocycles. The van der Waals surface area contributed by atoms with Crippen LogP contribution in [0.1, 0.15) is 62.3 Å². The molecular weight excluding hydrogens is 451 g/mol. The van der Waals surface area contributed by atoms with Gasteiger partial charge in [0.05, 0.1) is 22.7 Å². The molecule has 2 unspecified atom stereocenters. The highest BCUT2D eigenvalue weighted by atomic mass is 32.1. The topological polar surface area (TPSA) is 56.8 Å². The van der Waals surface area contributed by atoms with Crippen LogP contribution < -0.4 is 0 Å². The van der Waals surface area contributed by atoms with Crippen molar-refractivity contribution in [2.24, 2.45) is 5.92 Å². The van der Waals surface area contributed by atoms with Crippen LogP contribution in [0.2, 0.25) is 0 Å². The Kier molecular flexibility index (Phi) is 7.38. The number of piperidine rings is 1. The molecule has 2 aliphatic rings. The molecule has 6 nitrogen and oxygen atoms in total. The van der Waals surface area contributed by atoms with Crippen molar-refractivity contribution in [2.75, 3.05) is 33.2 Å². The number of thiazole rings is 1. The maximum absolute atomic E-state index is 13.7. The molecule has 2 saturated heterocycles. The van der Waals surface area contributed by atoms with Crippen molar-refractivity contribution in [3.05, 3.63) is 51.7 Å². The van der Waals surface area contributed by atoms with Gasteiger partial charge >= 0.3 is 0 Å². The van der Waals surface area contributed by atoms with Gasteiger partial charge in [-0.25, -0.2) is 9.37 Å². The number of benzene rings is 1. The zero-order chi connectivity index (χ0) is 24.5. The Morgan fingerprint density at radius 1 is 1.15 bits per heavy atom. The smallest absolute Gasteiger partial charge is 0.228 e. The molecule has 2 aliphatic heterocycles. The van der Waals surface area contributed by atoms with E-state index in [4.69, 9.17) is 4.98 Å². The molecule has 4 rings (SSSR count). The number of amides is 2. The molecule has 34 heavy (non-hydrogen) atoms. The molecular formula is C26H35FN4O2S. The van der Waals surface area contributed by atoms with Gasteiger partial charge in [-0.05, 0) is 30.5 Å². The molecule has 8 heteroatoms. The number of likely N-dealkylation sites (tertiary alicyclic amines) is 1. The number of nitrogens with zero attached hydrogens (tertiary/aromatic N) is 4. The summed E-state index contributed by atoms with van der Waals surface area (Å²) in [4.78, 5) is 37.0. The Balaban J connectivity index is 1.43. The quantitative estimate of drug-likeness (QED) is 0.649. The third kappa shape index (κ3) is 5.49. The lowest BCUT2D eigenvalue weighted by Crippen LogP contribution is -2.48. The van der Waals surface area contributed by atoms with Gasteiger partial charge < -0.3 is 9.80 Å². The molecule has 0 bridgehead atoms. The molecule has 0 spiro atoms. The van der Waals surface area contributed by atoms with Gasteiger partial charge in [0.1, 0.15) is 5.82 Å². The SMILES string of the molecule is CN1C(=O)CCC(C(=O)N2CCCN(Cc3csc(C(C)(C)C)n3)CC2)C1c1ccc(F)cc1. The highest BCUT2D eigenvalue weighted by Crippen LogP contribution is 2.37. The first-order valence-corrected chi connectivity index (χ1v) is 13.0. The van der Waals surface area contributed by atoms with Gasteiger partial charge in [0, 0.05) is 57.0 Å². The summed E-state index contributed by atoms with van der Waals surface area (Å²) < 4.78 is 13.5. The number of aromatic nitrogens is 1. The second-order valence-electron chi connectivity index (χ2n) is 10.5. The predicted molar refractivity (Wildman–Crippen MR) is 132 cm³/mol. The average molecular weight is 487 g/mol. The molecule has 184 valence electrons. The van der Waals surface area contributed by atoms with E-state index < -0.39 is 0 Å². The van der Waals surface area contributed by atoms with Gasteiger partial charge in [-0.15, -0.1) is 11.3 Å². The van der Waals surface area contributed by atoms with E-state index in [0.717, 1.165) is 42.3 Å². The van der Waals surface area contributed by atoms with Crippen molar-refractivity contribution < 1.29 is 14.0 Å². The first-order valence-electron chi connectivity index (χ1n) is 12.1. The van der Waals surface area contributed by atoms with Crippen LogP contribution in [-0.4, -0.2) is 64.7 Å². The highest BCUT2D eigenvalue weighted by molar-refractivity contribution is 7.09. The van der Waals surface area contributed by atoms with Crippen LogP contribution in [0.15, 0.2) is 29.6 Å². The van der Waals surface area contributed by atoms with Crippen LogP contribution in [0.3, 0.4) is 0 Å². The zero-order valence-electron chi connectivity index (χ0n) is 20.6. The fourth-order valence-corrected chi connectivity index (χ4v) is 5.85. The molecule has 2 fully saturated rings. The van der Waals surface area contributed by atoms with E-state index in [-0.39, 0.29) is 35.0 Å². The van der Waals surface area contributed by atoms with Crippen molar-refractivity contribution >= 4 is 23.2 Å². The number of hydrogen-bond donors (Lipinski definition) is 0. The molecule has 2 aromatic rings. The normalized spacial score (nSPS) is 22.7. The highest BCUT2D eigenvalue weighted by Gasteiger charge is 2.40. The zero-order valence-corrected chi connectivity index (χ0v) is 21.4. The van der Waals surface area contributed by atoms with Gasteiger partial charge in [-0.1, -0.05) is 32.9 Å². The first kappa shape index (κ1) is 24.8. The minimum absolute atomic E-state index is 0.0262. The fraction of sp³-hybridized carbons (Fsp3) is 0.577. The Hall–Kier alpha value is -2.32. The summed E-state index contributed by atoms with van der Waals surface area (Å²) in [6, 6.07) is 5.83. The van der Waals surface area contributed by atoms with Crippen molar-refractivity contribution in [1.29, 1.82) is 0 Å². The molecule has 2 atom stereocenters. The van der Waals surface area contributed by atoms with E-state index >= 15 is 0 Å². The van der Waals surface area contributed by atoms with Crippen molar-refractivity contribution in [2.45, 2.75) is 58.0 Å². The van der Waals surface area contributed by atoms with Crippen molar-refractivity contribution in [3.8, 4) is 0 Å². The summed E-state index contributed by atoms with van der Waals surface area (Å²) >= 11 is 1.72. The minimum atomic E-state index is -0.362. The monoisotopic (exact) mass is 486 g/mol. The maximum Gasteiger partial charge on any atom is 0.228 e. The number of halogens is 1. The van der Waals surface area contributed by atoms with E-state index in [2.05, 4.69) is 31.1 Å². The van der Waals surface area contributed by atoms with E-state index in [0.29, 0.717) is 25.9 Å². The van der Waals surface area contributed by atoms with Gasteiger partial charge in [0.25, 0.3) is 0 Å². The third-order valence-corrected chi connectivity index (χ3v) is 8.19. The van der Waals surface area contributed by atoms with Gasteiger partial charge in [0.15, 0.2) is 0 Å². The van der Waals surface area contributed by atoms with Crippen LogP contribution in [0.25, 0.3) is 0 Å². The first-order chi connectivity index (χ1) is 16.1. The molecule has 3 heterocycles. The summed E-state index contributed by atoms with van der Waals surface area (Å²) in [7, 11) is 1.75. The van der Waals surface area contributed by atoms with Crippen molar-refractivity contribution in [1.82, 2.24) is 19.7 Å². The summed E-state index contributed by atoms with van der Waals surface area (Å²) in [6.45, 7) is 10.5. The number of rotatable bonds is 4. The summed E-state index contributed by atoms with van der Waals surface area (Å²) in [6.07, 6.45) is 1.80. The van der Waals surface area contributed by atoms with Gasteiger partial charge in [0.2, 0.25) is 11.8 Å². The van der Waals surface area contributed by atoms with Gasteiger partial charge in [-0.3, -0.25) is 14.5 Å². The second-order valence-corrected chi connectivity index (χ2v) is 11.4. The van der Waals surface area contributed by atoms with Crippen LogP contribution in [0.5, 0.6) is 0 Å². The Morgan fingerprint density at radius 3 is 2.56 bits per heavy atom. The summed E-state index contributed by atoms with van der Waals surface area (Å²) in [5, 5.41) is 3.30. The predicted octanol–water partition coefficient (Wildman–Crippen LogP) is 4.22. The molecule has 1 aromatic carbocycles. The van der Waals surface area contributed by atoms with E-state index in [1.807, 2.05) is 4.90 Å². The van der Waals surface area contributed by atoms with Gasteiger partial charge in [-0.2, -0.15) is 0 Å². The molecule has 0 aliphatic carbocycles. The summed E-state index contributed by atoms with van der Waals surface area (Å²) in [5.74, 6) is -0.510. The largest absolute Gasteiger partial charge is 0.341 e. The average Bonchev–Trinajstić information content (AvgIpc) is 3.15. The number of carbonyl (C=O) groups is 2. The van der Waals surface area contributed by atoms with Crippen molar-refractivity contribution in [3.63, 3.8) is 0 Å².